The Hall–Kier alpha value is -2.96. The van der Waals surface area contributed by atoms with Gasteiger partial charge in [0.1, 0.15) is 0 Å². The minimum Gasteiger partial charge on any atom is -0.408 e. The molecular formula is C27H38N4O4. The second-order valence-electron chi connectivity index (χ2n) is 8.43. The molecule has 0 atom stereocenters. The summed E-state index contributed by atoms with van der Waals surface area (Å²) in [5.74, 6) is -0.319. The van der Waals surface area contributed by atoms with Crippen LogP contribution in [0.4, 0.5) is 0 Å². The Bertz CT molecular complexity index is 1070. The van der Waals surface area contributed by atoms with Crippen molar-refractivity contribution < 1.29 is 14.3 Å². The number of nitrogens with one attached hydrogen (secondary N) is 1. The number of oxazole rings is 1. The van der Waals surface area contributed by atoms with Crippen LogP contribution in [0.5, 0.6) is 0 Å². The van der Waals surface area contributed by atoms with Crippen molar-refractivity contribution in [2.45, 2.75) is 32.2 Å². The molecule has 2 N–H and O–H groups in total. The SMILES string of the molecule is C1CCOCCNC1.CN(C)CCn1c(=O)oc2ccc(-c3ccc(CCC#N)cc3)cc21.CO. The zero-order chi connectivity index (χ0) is 25.5. The lowest BCUT2D eigenvalue weighted by Gasteiger charge is -2.09. The number of rotatable bonds is 6. The van der Waals surface area contributed by atoms with Crippen LogP contribution in [0, 0.1) is 11.3 Å². The van der Waals surface area contributed by atoms with Crippen LogP contribution >= 0.6 is 0 Å². The topological polar surface area (TPSA) is 104 Å². The third-order valence-corrected chi connectivity index (χ3v) is 5.57. The van der Waals surface area contributed by atoms with Gasteiger partial charge >= 0.3 is 5.76 Å². The minimum absolute atomic E-state index is 0.319. The normalized spacial score (nSPS) is 13.6. The summed E-state index contributed by atoms with van der Waals surface area (Å²) >= 11 is 0. The van der Waals surface area contributed by atoms with E-state index >= 15 is 0 Å². The van der Waals surface area contributed by atoms with E-state index in [1.807, 2.05) is 49.3 Å². The fraction of sp³-hybridized carbons (Fsp3) is 0.481. The van der Waals surface area contributed by atoms with Gasteiger partial charge in [-0.2, -0.15) is 5.26 Å². The van der Waals surface area contributed by atoms with Crippen molar-refractivity contribution >= 4 is 11.1 Å². The second-order valence-corrected chi connectivity index (χ2v) is 8.43. The predicted molar refractivity (Wildman–Crippen MR) is 139 cm³/mol. The summed E-state index contributed by atoms with van der Waals surface area (Å²) in [6, 6.07) is 16.2. The number of ether oxygens (including phenoxy) is 1. The summed E-state index contributed by atoms with van der Waals surface area (Å²) < 4.78 is 12.2. The first-order valence-electron chi connectivity index (χ1n) is 12.1. The Labute approximate surface area is 207 Å². The van der Waals surface area contributed by atoms with Crippen molar-refractivity contribution in [2.24, 2.45) is 0 Å². The van der Waals surface area contributed by atoms with Gasteiger partial charge in [0.2, 0.25) is 0 Å². The van der Waals surface area contributed by atoms with Gasteiger partial charge < -0.3 is 24.5 Å². The van der Waals surface area contributed by atoms with Crippen LogP contribution in [0.1, 0.15) is 24.8 Å². The highest BCUT2D eigenvalue weighted by Crippen LogP contribution is 2.25. The molecule has 0 amide bonds. The monoisotopic (exact) mass is 482 g/mol. The van der Waals surface area contributed by atoms with Crippen LogP contribution in [-0.2, 0) is 17.7 Å². The van der Waals surface area contributed by atoms with Gasteiger partial charge in [0, 0.05) is 39.8 Å². The first kappa shape index (κ1) is 28.3. The molecule has 0 aliphatic carbocycles. The molecule has 0 radical (unpaired) electrons. The van der Waals surface area contributed by atoms with Gasteiger partial charge in [-0.05, 0) is 68.7 Å². The molecule has 0 unspecified atom stereocenters. The standard InChI is InChI=1S/C20H21N3O2.C6H13NO.CH4O/c1-22(2)12-13-23-18-14-17(9-10-19(18)25-20(23)24)16-7-5-15(6-8-16)4-3-11-21;1-2-5-8-6-4-7-3-1;1-2/h5-10,14H,3-4,12-13H2,1-2H3;7H,1-6H2;2H,1H3. The van der Waals surface area contributed by atoms with Gasteiger partial charge in [-0.15, -0.1) is 0 Å². The lowest BCUT2D eigenvalue weighted by molar-refractivity contribution is 0.123. The summed E-state index contributed by atoms with van der Waals surface area (Å²) in [6.45, 7) is 5.41. The second kappa shape index (κ2) is 15.8. The molecular weight excluding hydrogens is 444 g/mol. The molecule has 2 heterocycles. The molecule has 1 aromatic heterocycles. The van der Waals surface area contributed by atoms with Crippen molar-refractivity contribution in [3.05, 3.63) is 58.6 Å². The maximum atomic E-state index is 12.1. The van der Waals surface area contributed by atoms with Crippen LogP contribution in [0.15, 0.2) is 51.7 Å². The number of nitrogens with zero attached hydrogens (tertiary/aromatic N) is 3. The average molecular weight is 483 g/mol. The Morgan fingerprint density at radius 2 is 1.80 bits per heavy atom. The minimum atomic E-state index is -0.319. The van der Waals surface area contributed by atoms with E-state index in [0.717, 1.165) is 62.0 Å². The van der Waals surface area contributed by atoms with E-state index < -0.39 is 0 Å². The summed E-state index contributed by atoms with van der Waals surface area (Å²) in [6.07, 6.45) is 3.77. The molecule has 1 aliphatic rings. The molecule has 0 spiro atoms. The van der Waals surface area contributed by atoms with Crippen molar-refractivity contribution in [3.8, 4) is 17.2 Å². The molecule has 8 heteroatoms. The molecule has 2 aromatic carbocycles. The fourth-order valence-corrected chi connectivity index (χ4v) is 3.64. The molecule has 35 heavy (non-hydrogen) atoms. The lowest BCUT2D eigenvalue weighted by atomic mass is 10.0. The molecule has 3 aromatic rings. The highest BCUT2D eigenvalue weighted by atomic mass is 16.5. The average Bonchev–Trinajstić information content (AvgIpc) is 3.17. The van der Waals surface area contributed by atoms with Crippen molar-refractivity contribution in [3.63, 3.8) is 0 Å². The van der Waals surface area contributed by atoms with Crippen LogP contribution < -0.4 is 11.1 Å². The van der Waals surface area contributed by atoms with Gasteiger partial charge in [-0.3, -0.25) is 4.57 Å². The molecule has 1 saturated heterocycles. The van der Waals surface area contributed by atoms with Gasteiger partial charge in [-0.25, -0.2) is 4.79 Å². The van der Waals surface area contributed by atoms with Gasteiger partial charge in [-0.1, -0.05) is 30.3 Å². The molecule has 4 rings (SSSR count). The Morgan fingerprint density at radius 1 is 1.06 bits per heavy atom. The van der Waals surface area contributed by atoms with Gasteiger partial charge in [0.05, 0.1) is 18.2 Å². The Balaban J connectivity index is 0.000000363. The number of fused-ring (bicyclic) bond motifs is 1. The van der Waals surface area contributed by atoms with Crippen LogP contribution in [0.2, 0.25) is 0 Å². The van der Waals surface area contributed by atoms with E-state index in [0.29, 0.717) is 18.5 Å². The number of hydrogen-bond donors (Lipinski definition) is 2. The van der Waals surface area contributed by atoms with Crippen molar-refractivity contribution in [1.82, 2.24) is 14.8 Å². The van der Waals surface area contributed by atoms with E-state index in [-0.39, 0.29) is 5.76 Å². The maximum Gasteiger partial charge on any atom is 0.419 e. The van der Waals surface area contributed by atoms with Crippen LogP contribution in [-0.4, -0.2) is 68.6 Å². The third-order valence-electron chi connectivity index (χ3n) is 5.57. The van der Waals surface area contributed by atoms with Crippen molar-refractivity contribution in [2.75, 3.05) is 54.1 Å². The van der Waals surface area contributed by atoms with Crippen LogP contribution in [0.3, 0.4) is 0 Å². The molecule has 190 valence electrons. The zero-order valence-electron chi connectivity index (χ0n) is 21.1. The number of aliphatic hydroxyl groups is 1. The molecule has 0 saturated carbocycles. The number of likely N-dealkylation sites (N-methyl/N-ethyl adjacent to an activating group) is 1. The number of nitriles is 1. The van der Waals surface area contributed by atoms with E-state index in [4.69, 9.17) is 19.5 Å². The summed E-state index contributed by atoms with van der Waals surface area (Å²) in [5, 5.41) is 18.9. The van der Waals surface area contributed by atoms with E-state index in [1.165, 1.54) is 19.4 Å². The molecule has 0 bridgehead atoms. The molecule has 1 fully saturated rings. The van der Waals surface area contributed by atoms with Crippen LogP contribution in [0.25, 0.3) is 22.2 Å². The largest absolute Gasteiger partial charge is 0.419 e. The first-order valence-corrected chi connectivity index (χ1v) is 12.1. The number of aryl methyl sites for hydroxylation is 1. The smallest absolute Gasteiger partial charge is 0.408 e. The zero-order valence-corrected chi connectivity index (χ0v) is 21.1. The quantitative estimate of drug-likeness (QED) is 0.556. The van der Waals surface area contributed by atoms with Gasteiger partial charge in [0.25, 0.3) is 0 Å². The maximum absolute atomic E-state index is 12.1. The first-order chi connectivity index (χ1) is 17.1. The third kappa shape index (κ3) is 9.30. The number of aromatic nitrogens is 1. The van der Waals surface area contributed by atoms with E-state index in [1.54, 1.807) is 4.57 Å². The fourth-order valence-electron chi connectivity index (χ4n) is 3.64. The lowest BCUT2D eigenvalue weighted by Crippen LogP contribution is -2.23. The Kier molecular flexibility index (Phi) is 12.8. The van der Waals surface area contributed by atoms with Gasteiger partial charge in [0.15, 0.2) is 5.58 Å². The van der Waals surface area contributed by atoms with E-state index in [2.05, 4.69) is 23.5 Å². The number of aliphatic hydroxyl groups excluding tert-OH is 1. The highest BCUT2D eigenvalue weighted by molar-refractivity contribution is 5.80. The summed E-state index contributed by atoms with van der Waals surface area (Å²) in [7, 11) is 4.96. The predicted octanol–water partition coefficient (Wildman–Crippen LogP) is 3.27. The molecule has 8 nitrogen and oxygen atoms in total. The Morgan fingerprint density at radius 3 is 2.51 bits per heavy atom. The van der Waals surface area contributed by atoms with E-state index in [9.17, 15) is 4.79 Å². The highest BCUT2D eigenvalue weighted by Gasteiger charge is 2.11. The number of hydrogen-bond acceptors (Lipinski definition) is 7. The summed E-state index contributed by atoms with van der Waals surface area (Å²) in [4.78, 5) is 14.1. The van der Waals surface area contributed by atoms with Crippen molar-refractivity contribution in [1.29, 1.82) is 5.26 Å². The summed E-state index contributed by atoms with van der Waals surface area (Å²) in [5.41, 5.74) is 4.70. The molecule has 1 aliphatic heterocycles. The number of benzene rings is 2.